The highest BCUT2D eigenvalue weighted by atomic mass is 16.5. The van der Waals surface area contributed by atoms with Gasteiger partial charge in [0.05, 0.1) is 11.4 Å². The van der Waals surface area contributed by atoms with Gasteiger partial charge in [0.2, 0.25) is 0 Å². The minimum Gasteiger partial charge on any atom is -0.456 e. The molecule has 1 heterocycles. The fraction of sp³-hybridized carbons (Fsp3) is 0.182. The Morgan fingerprint density at radius 2 is 1.58 bits per heavy atom. The molecule has 0 aliphatic carbocycles. The highest BCUT2D eigenvalue weighted by molar-refractivity contribution is 5.86. The van der Waals surface area contributed by atoms with E-state index in [9.17, 15) is 4.79 Å². The third kappa shape index (κ3) is 4.70. The first-order valence-corrected chi connectivity index (χ1v) is 8.59. The van der Waals surface area contributed by atoms with Crippen LogP contribution in [0.2, 0.25) is 0 Å². The number of nitrogens with zero attached hydrogens (tertiary/aromatic N) is 1. The van der Waals surface area contributed by atoms with Gasteiger partial charge >= 0.3 is 5.97 Å². The molecule has 4 nitrogen and oxygen atoms in total. The van der Waals surface area contributed by atoms with Crippen molar-refractivity contribution >= 4 is 5.97 Å². The molecule has 26 heavy (non-hydrogen) atoms. The molecule has 2 aromatic carbocycles. The van der Waals surface area contributed by atoms with Crippen LogP contribution in [0.3, 0.4) is 0 Å². The summed E-state index contributed by atoms with van der Waals surface area (Å²) in [6.07, 6.45) is 1.39. The maximum Gasteiger partial charge on any atom is 0.333 e. The first-order valence-electron chi connectivity index (χ1n) is 8.59. The molecular weight excluding hydrogens is 324 g/mol. The van der Waals surface area contributed by atoms with Crippen LogP contribution >= 0.6 is 0 Å². The lowest BCUT2D eigenvalue weighted by Gasteiger charge is -2.05. The number of carbonyl (C=O) groups is 1. The number of nitrogens with one attached hydrogen (secondary N) is 1. The van der Waals surface area contributed by atoms with Gasteiger partial charge in [-0.2, -0.15) is 0 Å². The van der Waals surface area contributed by atoms with Gasteiger partial charge in [0, 0.05) is 18.4 Å². The Morgan fingerprint density at radius 3 is 2.15 bits per heavy atom. The summed E-state index contributed by atoms with van der Waals surface area (Å²) in [4.78, 5) is 19.8. The van der Waals surface area contributed by atoms with Crippen molar-refractivity contribution in [3.63, 3.8) is 0 Å². The first kappa shape index (κ1) is 17.7. The van der Waals surface area contributed by atoms with Gasteiger partial charge < -0.3 is 9.72 Å². The normalized spacial score (nSPS) is 10.5. The highest BCUT2D eigenvalue weighted by Gasteiger charge is 2.14. The summed E-state index contributed by atoms with van der Waals surface area (Å²) >= 11 is 0. The Labute approximate surface area is 153 Å². The van der Waals surface area contributed by atoms with E-state index in [2.05, 4.69) is 35.8 Å². The average molecular weight is 346 g/mol. The number of H-pyrrole nitrogens is 1. The van der Waals surface area contributed by atoms with Crippen molar-refractivity contribution < 1.29 is 9.53 Å². The van der Waals surface area contributed by atoms with E-state index in [0.717, 1.165) is 22.8 Å². The summed E-state index contributed by atoms with van der Waals surface area (Å²) in [5.41, 5.74) is 4.46. The number of aromatic amines is 1. The molecule has 0 aliphatic rings. The van der Waals surface area contributed by atoms with Crippen molar-refractivity contribution in [2.24, 2.45) is 0 Å². The number of benzene rings is 2. The van der Waals surface area contributed by atoms with E-state index in [1.165, 1.54) is 5.56 Å². The lowest BCUT2D eigenvalue weighted by atomic mass is 10.1. The fourth-order valence-electron chi connectivity index (χ4n) is 2.69. The van der Waals surface area contributed by atoms with E-state index in [-0.39, 0.29) is 6.61 Å². The number of aromatic nitrogens is 2. The molecule has 0 radical (unpaired) electrons. The second-order valence-corrected chi connectivity index (χ2v) is 6.29. The number of hydrogen-bond acceptors (Lipinski definition) is 3. The van der Waals surface area contributed by atoms with Crippen molar-refractivity contribution in [2.45, 2.75) is 26.4 Å². The predicted octanol–water partition coefficient (Wildman–Crippen LogP) is 4.21. The molecule has 3 rings (SSSR count). The predicted molar refractivity (Wildman–Crippen MR) is 102 cm³/mol. The molecule has 0 fully saturated rings. The average Bonchev–Trinajstić information content (AvgIpc) is 3.02. The van der Waals surface area contributed by atoms with Crippen molar-refractivity contribution in [2.75, 3.05) is 0 Å². The monoisotopic (exact) mass is 346 g/mol. The number of esters is 1. The summed E-state index contributed by atoms with van der Waals surface area (Å²) in [5.74, 6) is 0.471. The van der Waals surface area contributed by atoms with Crippen molar-refractivity contribution in [3.8, 4) is 0 Å². The molecule has 0 atom stereocenters. The summed E-state index contributed by atoms with van der Waals surface area (Å²) in [6, 6.07) is 20.3. The Morgan fingerprint density at radius 1 is 1.00 bits per heavy atom. The van der Waals surface area contributed by atoms with Crippen molar-refractivity contribution in [1.29, 1.82) is 0 Å². The molecule has 1 N–H and O–H groups in total. The number of rotatable bonds is 7. The molecule has 0 saturated heterocycles. The fourth-order valence-corrected chi connectivity index (χ4v) is 2.69. The van der Waals surface area contributed by atoms with Crippen molar-refractivity contribution in [1.82, 2.24) is 9.97 Å². The molecule has 0 amide bonds. The van der Waals surface area contributed by atoms with Crippen LogP contribution < -0.4 is 0 Å². The van der Waals surface area contributed by atoms with Gasteiger partial charge in [-0.25, -0.2) is 9.78 Å². The maximum absolute atomic E-state index is 11.7. The van der Waals surface area contributed by atoms with Crippen LogP contribution in [0.5, 0.6) is 0 Å². The van der Waals surface area contributed by atoms with Crippen LogP contribution in [0.25, 0.3) is 0 Å². The van der Waals surface area contributed by atoms with Gasteiger partial charge in [0.1, 0.15) is 12.4 Å². The van der Waals surface area contributed by atoms with E-state index >= 15 is 0 Å². The van der Waals surface area contributed by atoms with Crippen LogP contribution in [0.1, 0.15) is 35.3 Å². The van der Waals surface area contributed by atoms with E-state index in [1.807, 2.05) is 36.4 Å². The third-order valence-corrected chi connectivity index (χ3v) is 4.04. The van der Waals surface area contributed by atoms with Crippen LogP contribution in [0, 0.1) is 0 Å². The second kappa shape index (κ2) is 8.30. The molecule has 4 heteroatoms. The lowest BCUT2D eigenvalue weighted by Crippen LogP contribution is -2.06. The summed E-state index contributed by atoms with van der Waals surface area (Å²) in [6.45, 7) is 5.42. The number of carbonyl (C=O) groups excluding carboxylic acids is 1. The van der Waals surface area contributed by atoms with Gasteiger partial charge in [0.25, 0.3) is 0 Å². The molecule has 0 spiro atoms. The van der Waals surface area contributed by atoms with Crippen LogP contribution in [-0.4, -0.2) is 15.9 Å². The Balaban J connectivity index is 1.81. The van der Waals surface area contributed by atoms with Gasteiger partial charge in [-0.1, -0.05) is 67.2 Å². The number of hydrogen-bond donors (Lipinski definition) is 1. The zero-order chi connectivity index (χ0) is 18.4. The topological polar surface area (TPSA) is 55.0 Å². The molecule has 3 aromatic rings. The summed E-state index contributed by atoms with van der Waals surface area (Å²) in [7, 11) is 0. The quantitative estimate of drug-likeness (QED) is 0.515. The maximum atomic E-state index is 11.7. The van der Waals surface area contributed by atoms with Crippen LogP contribution in [0.15, 0.2) is 72.8 Å². The van der Waals surface area contributed by atoms with E-state index in [1.54, 1.807) is 6.92 Å². The largest absolute Gasteiger partial charge is 0.456 e. The molecule has 132 valence electrons. The van der Waals surface area contributed by atoms with Crippen molar-refractivity contribution in [3.05, 3.63) is 101 Å². The molecular formula is C22H22N2O2. The molecule has 1 aromatic heterocycles. The standard InChI is InChI=1S/C22H22N2O2/c1-16(2)22(25)26-15-20-19(13-17-9-5-3-6-10-17)23-21(24-20)14-18-11-7-4-8-12-18/h3-12H,1,13-15H2,2H3,(H,23,24). The second-order valence-electron chi connectivity index (χ2n) is 6.29. The SMILES string of the molecule is C=C(C)C(=O)OCc1[nH]c(Cc2ccccc2)nc1Cc1ccccc1. The van der Waals surface area contributed by atoms with Gasteiger partial charge in [-0.15, -0.1) is 0 Å². The van der Waals surface area contributed by atoms with Gasteiger partial charge in [0.15, 0.2) is 0 Å². The lowest BCUT2D eigenvalue weighted by molar-refractivity contribution is -0.140. The number of ether oxygens (including phenoxy) is 1. The van der Waals surface area contributed by atoms with E-state index in [4.69, 9.17) is 9.72 Å². The first-order chi connectivity index (χ1) is 12.6. The van der Waals surface area contributed by atoms with E-state index < -0.39 is 5.97 Å². The van der Waals surface area contributed by atoms with Gasteiger partial charge in [-0.05, 0) is 18.1 Å². The van der Waals surface area contributed by atoms with Crippen LogP contribution in [-0.2, 0) is 29.0 Å². The van der Waals surface area contributed by atoms with Crippen LogP contribution in [0.4, 0.5) is 0 Å². The molecule has 0 aliphatic heterocycles. The Hall–Kier alpha value is -3.14. The smallest absolute Gasteiger partial charge is 0.333 e. The Bertz CT molecular complexity index is 883. The summed E-state index contributed by atoms with van der Waals surface area (Å²) < 4.78 is 5.32. The summed E-state index contributed by atoms with van der Waals surface area (Å²) in [5, 5.41) is 0. The minimum atomic E-state index is -0.394. The van der Waals surface area contributed by atoms with E-state index in [0.29, 0.717) is 18.4 Å². The third-order valence-electron chi connectivity index (χ3n) is 4.04. The van der Waals surface area contributed by atoms with Gasteiger partial charge in [-0.3, -0.25) is 0 Å². The molecule has 0 unspecified atom stereocenters. The number of imidazole rings is 1. The Kier molecular flexibility index (Phi) is 5.64. The zero-order valence-electron chi connectivity index (χ0n) is 14.9. The molecule has 0 saturated carbocycles. The molecule has 0 bridgehead atoms. The minimum absolute atomic E-state index is 0.162. The zero-order valence-corrected chi connectivity index (χ0v) is 14.9. The highest BCUT2D eigenvalue weighted by Crippen LogP contribution is 2.16.